The predicted molar refractivity (Wildman–Crippen MR) is 23.5 cm³/mol. The third-order valence-electron chi connectivity index (χ3n) is 0.507. The van der Waals surface area contributed by atoms with E-state index in [9.17, 15) is 0 Å². The Morgan fingerprint density at radius 1 is 1.67 bits per heavy atom. The molecule has 0 atom stereocenters. The molecule has 36 valence electrons. The minimum absolute atomic E-state index is 0.230. The Morgan fingerprint density at radius 3 is 2.50 bits per heavy atom. The minimum atomic E-state index is 0.230. The molecule has 2 nitrogen and oxygen atoms in total. The van der Waals surface area contributed by atoms with Gasteiger partial charge in [0.1, 0.15) is 0 Å². The number of hydrogen-bond donors (Lipinski definition) is 0. The highest BCUT2D eigenvalue weighted by Gasteiger charge is 1.76. The molecule has 2 radical (unpaired) electrons. The third-order valence-corrected chi connectivity index (χ3v) is 0.507. The van der Waals surface area contributed by atoms with E-state index in [0.717, 1.165) is 6.42 Å². The van der Waals surface area contributed by atoms with Crippen LogP contribution in [0.1, 0.15) is 6.42 Å². The van der Waals surface area contributed by atoms with Crippen LogP contribution in [0, 0.1) is 0 Å². The van der Waals surface area contributed by atoms with E-state index in [1.165, 1.54) is 0 Å². The van der Waals surface area contributed by atoms with E-state index in [2.05, 4.69) is 4.74 Å². The van der Waals surface area contributed by atoms with Gasteiger partial charge in [-0.2, -0.15) is 0 Å². The molecule has 0 aliphatic carbocycles. The minimum Gasteiger partial charge on any atom is -0.385 e. The van der Waals surface area contributed by atoms with Gasteiger partial charge in [0.25, 0.3) is 0 Å². The zero-order valence-corrected chi connectivity index (χ0v) is 3.98. The van der Waals surface area contributed by atoms with Gasteiger partial charge in [0, 0.05) is 20.3 Å². The molecule has 0 fully saturated rings. The van der Waals surface area contributed by atoms with Gasteiger partial charge >= 0.3 is 0 Å². The summed E-state index contributed by atoms with van der Waals surface area (Å²) in [4.78, 5) is 0. The summed E-state index contributed by atoms with van der Waals surface area (Å²) in [5.74, 6) is 0. The van der Waals surface area contributed by atoms with E-state index in [1.807, 2.05) is 0 Å². The van der Waals surface area contributed by atoms with E-state index in [1.54, 1.807) is 7.11 Å². The van der Waals surface area contributed by atoms with Crippen molar-refractivity contribution in [1.29, 1.82) is 0 Å². The Hall–Kier alpha value is -0.0800. The van der Waals surface area contributed by atoms with Crippen LogP contribution in [0.2, 0.25) is 0 Å². The van der Waals surface area contributed by atoms with Crippen molar-refractivity contribution in [2.45, 2.75) is 6.42 Å². The highest BCUT2D eigenvalue weighted by Crippen LogP contribution is 1.72. The molecular weight excluding hydrogens is 78.0 g/mol. The first kappa shape index (κ1) is 5.92. The molecule has 0 bridgehead atoms. The highest BCUT2D eigenvalue weighted by atomic mass is 16.5. The van der Waals surface area contributed by atoms with Gasteiger partial charge in [-0.05, 0) is 6.42 Å². The topological polar surface area (TPSA) is 31.5 Å². The van der Waals surface area contributed by atoms with Gasteiger partial charge in [-0.15, -0.1) is 5.73 Å². The third kappa shape index (κ3) is 3.92. The second kappa shape index (κ2) is 4.92. The van der Waals surface area contributed by atoms with E-state index in [0.29, 0.717) is 6.61 Å². The monoisotopic (exact) mass is 87.1 g/mol. The summed E-state index contributed by atoms with van der Waals surface area (Å²) >= 11 is 0. The van der Waals surface area contributed by atoms with Crippen molar-refractivity contribution in [3.05, 3.63) is 0 Å². The number of methoxy groups -OCH3 is 1. The second-order valence-electron chi connectivity index (χ2n) is 1.07. The van der Waals surface area contributed by atoms with Crippen molar-refractivity contribution in [2.24, 2.45) is 0 Å². The molecule has 0 unspecified atom stereocenters. The molecule has 0 rings (SSSR count). The zero-order chi connectivity index (χ0) is 4.83. The van der Waals surface area contributed by atoms with E-state index in [-0.39, 0.29) is 6.54 Å². The van der Waals surface area contributed by atoms with Crippen molar-refractivity contribution in [3.63, 3.8) is 0 Å². The van der Waals surface area contributed by atoms with Gasteiger partial charge in [-0.1, -0.05) is 0 Å². The molecule has 0 N–H and O–H groups in total. The largest absolute Gasteiger partial charge is 0.385 e. The van der Waals surface area contributed by atoms with Crippen molar-refractivity contribution in [1.82, 2.24) is 5.73 Å². The van der Waals surface area contributed by atoms with Crippen LogP contribution >= 0.6 is 0 Å². The molecule has 0 saturated carbocycles. The molecule has 0 heterocycles. The average Bonchev–Trinajstić information content (AvgIpc) is 1.61. The van der Waals surface area contributed by atoms with Crippen molar-refractivity contribution >= 4 is 0 Å². The van der Waals surface area contributed by atoms with Crippen LogP contribution in [0.25, 0.3) is 0 Å². The van der Waals surface area contributed by atoms with E-state index < -0.39 is 0 Å². The smallest absolute Gasteiger partial charge is 0.0475 e. The molecule has 0 spiro atoms. The maximum absolute atomic E-state index is 8.12. The summed E-state index contributed by atoms with van der Waals surface area (Å²) < 4.78 is 4.62. The van der Waals surface area contributed by atoms with E-state index >= 15 is 0 Å². The van der Waals surface area contributed by atoms with Crippen LogP contribution < -0.4 is 5.73 Å². The molecule has 0 aromatic heterocycles. The van der Waals surface area contributed by atoms with Crippen LogP contribution in [-0.4, -0.2) is 20.3 Å². The molecule has 0 aromatic carbocycles. The van der Waals surface area contributed by atoms with Crippen molar-refractivity contribution in [2.75, 3.05) is 20.3 Å². The van der Waals surface area contributed by atoms with Crippen LogP contribution in [-0.2, 0) is 4.74 Å². The molecule has 0 aliphatic heterocycles. The Kier molecular flexibility index (Phi) is 4.85. The SMILES string of the molecule is COCCC[N]. The quantitative estimate of drug-likeness (QED) is 0.449. The molecule has 0 amide bonds. The standard InChI is InChI=1S/C4H9NO/c1-6-4-2-3-5/h2-4H2,1H3. The molecule has 0 aliphatic rings. The fraction of sp³-hybridized carbons (Fsp3) is 1.00. The Morgan fingerprint density at radius 2 is 2.33 bits per heavy atom. The summed E-state index contributed by atoms with van der Waals surface area (Å²) in [6.45, 7) is 0.893. The normalized spacial score (nSPS) is 9.00. The number of hydrogen-bond acceptors (Lipinski definition) is 1. The Labute approximate surface area is 38.3 Å². The van der Waals surface area contributed by atoms with Gasteiger partial charge in [0.2, 0.25) is 0 Å². The van der Waals surface area contributed by atoms with Crippen LogP contribution in [0.15, 0.2) is 0 Å². The Balaban J connectivity index is 2.34. The summed E-state index contributed by atoms with van der Waals surface area (Å²) in [7, 11) is 1.62. The van der Waals surface area contributed by atoms with Crippen molar-refractivity contribution < 1.29 is 4.74 Å². The lowest BCUT2D eigenvalue weighted by atomic mass is 10.5. The average molecular weight is 87.1 g/mol. The predicted octanol–water partition coefficient (Wildman–Crippen LogP) is 0.0916. The van der Waals surface area contributed by atoms with Crippen LogP contribution in [0.4, 0.5) is 0 Å². The number of nitrogens with zero attached hydrogens (tertiary/aromatic N) is 1. The van der Waals surface area contributed by atoms with Gasteiger partial charge in [-0.3, -0.25) is 0 Å². The van der Waals surface area contributed by atoms with Gasteiger partial charge in [-0.25, -0.2) is 0 Å². The summed E-state index contributed by atoms with van der Waals surface area (Å²) in [5.41, 5.74) is 8.12. The summed E-state index contributed by atoms with van der Waals surface area (Å²) in [5, 5.41) is 0. The van der Waals surface area contributed by atoms with E-state index in [4.69, 9.17) is 5.73 Å². The zero-order valence-electron chi connectivity index (χ0n) is 3.98. The Bertz CT molecular complexity index is 19.5. The molecule has 6 heavy (non-hydrogen) atoms. The van der Waals surface area contributed by atoms with Crippen LogP contribution in [0.3, 0.4) is 0 Å². The van der Waals surface area contributed by atoms with Crippen molar-refractivity contribution in [3.8, 4) is 0 Å². The van der Waals surface area contributed by atoms with Gasteiger partial charge in [0.15, 0.2) is 0 Å². The fourth-order valence-corrected chi connectivity index (χ4v) is 0.209. The number of rotatable bonds is 3. The first-order chi connectivity index (χ1) is 2.91. The van der Waals surface area contributed by atoms with Crippen LogP contribution in [0.5, 0.6) is 0 Å². The van der Waals surface area contributed by atoms with Gasteiger partial charge < -0.3 is 4.74 Å². The first-order valence-corrected chi connectivity index (χ1v) is 2.01. The summed E-state index contributed by atoms with van der Waals surface area (Å²) in [6.07, 6.45) is 0.747. The lowest BCUT2D eigenvalue weighted by molar-refractivity contribution is 0.196. The maximum atomic E-state index is 8.12. The number of ether oxygens (including phenoxy) is 1. The molecule has 0 aromatic rings. The van der Waals surface area contributed by atoms with Gasteiger partial charge in [0.05, 0.1) is 0 Å². The molecule has 0 saturated heterocycles. The molecule has 2 heteroatoms. The fourth-order valence-electron chi connectivity index (χ4n) is 0.209. The first-order valence-electron chi connectivity index (χ1n) is 2.01. The molecular formula is C4H9NO. The lowest BCUT2D eigenvalue weighted by Gasteiger charge is -1.88. The maximum Gasteiger partial charge on any atom is 0.0475 e. The summed E-state index contributed by atoms with van der Waals surface area (Å²) in [6, 6.07) is 0. The second-order valence-corrected chi connectivity index (χ2v) is 1.07. The lowest BCUT2D eigenvalue weighted by Crippen LogP contribution is -1.92. The highest BCUT2D eigenvalue weighted by molar-refractivity contribution is 4.30.